The molecule has 0 saturated heterocycles. The van der Waals surface area contributed by atoms with E-state index < -0.39 is 0 Å². The summed E-state index contributed by atoms with van der Waals surface area (Å²) in [5.41, 5.74) is 8.31. The van der Waals surface area contributed by atoms with Crippen molar-refractivity contribution >= 4 is 136 Å². The maximum atomic E-state index is 4.63. The van der Waals surface area contributed by atoms with E-state index in [-0.39, 0.29) is 34.8 Å². The fourth-order valence-electron chi connectivity index (χ4n) is 3.99. The van der Waals surface area contributed by atoms with Crippen molar-refractivity contribution < 1.29 is 28.6 Å². The highest BCUT2D eigenvalue weighted by atomic mass is 127. The maximum absolute atomic E-state index is 4.63. The Labute approximate surface area is 278 Å². The molecule has 0 aromatic heterocycles. The van der Waals surface area contributed by atoms with Gasteiger partial charge in [0.2, 0.25) is 5.69 Å². The highest BCUT2D eigenvalue weighted by molar-refractivity contribution is 14.1. The molecule has 2 nitrogen and oxygen atoms in total. The second-order valence-electron chi connectivity index (χ2n) is 8.66. The summed E-state index contributed by atoms with van der Waals surface area (Å²) in [6.07, 6.45) is 0. The van der Waals surface area contributed by atoms with E-state index >= 15 is 0 Å². The van der Waals surface area contributed by atoms with Crippen LogP contribution in [0, 0.1) is 14.3 Å². The van der Waals surface area contributed by atoms with Gasteiger partial charge in [-0.25, -0.2) is 4.58 Å². The molecule has 0 saturated carbocycles. The molecule has 2 aromatic rings. The third kappa shape index (κ3) is 6.34. The Morgan fingerprint density at radius 1 is 0.750 bits per heavy atom. The Morgan fingerprint density at radius 3 is 1.75 bits per heavy atom. The molecule has 0 aliphatic carbocycles. The predicted octanol–water partition coefficient (Wildman–Crippen LogP) is 6.26. The molecule has 0 N–H and O–H groups in total. The second-order valence-corrected chi connectivity index (χ2v) is 13.5. The van der Waals surface area contributed by atoms with Crippen LogP contribution in [0.25, 0.3) is 0 Å². The van der Waals surface area contributed by atoms with Crippen LogP contribution in [0.15, 0.2) is 29.3 Å². The van der Waals surface area contributed by atoms with E-state index in [1.807, 2.05) is 4.93 Å². The Balaban J connectivity index is 0.000000289. The average Bonchev–Trinajstić information content (AvgIpc) is 2.99. The molecule has 2 aromatic carbocycles. The van der Waals surface area contributed by atoms with Gasteiger partial charge in [0.05, 0.1) is 16.7 Å². The summed E-state index contributed by atoms with van der Waals surface area (Å²) >= 11 is 11.7. The van der Waals surface area contributed by atoms with Gasteiger partial charge in [-0.3, -0.25) is 4.99 Å². The van der Waals surface area contributed by atoms with Gasteiger partial charge in [0.25, 0.3) is 0 Å². The van der Waals surface area contributed by atoms with Crippen LogP contribution in [-0.4, -0.2) is 28.0 Å². The normalized spacial score (nSPS) is 16.6. The van der Waals surface area contributed by atoms with E-state index in [0.29, 0.717) is 0 Å². The number of aliphatic imine (C=N–C) groups is 1. The van der Waals surface area contributed by atoms with Crippen molar-refractivity contribution in [2.75, 3.05) is 12.0 Å². The molecule has 0 fully saturated rings. The van der Waals surface area contributed by atoms with Gasteiger partial charge in [-0.1, -0.05) is 36.4 Å². The fourth-order valence-corrected chi connectivity index (χ4v) is 8.97. The van der Waals surface area contributed by atoms with Crippen LogP contribution in [0.1, 0.15) is 52.7 Å². The minimum Gasteiger partial charge on any atom is -1.00 e. The lowest BCUT2D eigenvalue weighted by atomic mass is 9.82. The summed E-state index contributed by atoms with van der Waals surface area (Å²) in [6, 6.07) is 8.91. The molecule has 176 valence electrons. The highest BCUT2D eigenvalue weighted by Gasteiger charge is 2.43. The van der Waals surface area contributed by atoms with Gasteiger partial charge in [-0.2, -0.15) is 0 Å². The molecule has 0 unspecified atom stereocenters. The topological polar surface area (TPSA) is 15.4 Å². The van der Waals surface area contributed by atoms with Gasteiger partial charge in [0, 0.05) is 44.0 Å². The molecule has 0 spiro atoms. The van der Waals surface area contributed by atoms with Crippen LogP contribution in [0.5, 0.6) is 0 Å². The standard InChI is InChI=1S/C12H14I2N.C11H11I2N.CH3I.HI/c1-7-12(2,3)11-9(14)5-8(13)6-10(11)15(7)4;1-6-11(2,3)10-8(13)4-7(12)5-9(10)14-6;1-2;/h5-6H,1-4H3;4-5H,1-3H3;1H3;1H/q+1;;;/p-1. The van der Waals surface area contributed by atoms with Crippen molar-refractivity contribution in [3.05, 3.63) is 49.7 Å². The van der Waals surface area contributed by atoms with Gasteiger partial charge in [0.15, 0.2) is 5.71 Å². The van der Waals surface area contributed by atoms with Gasteiger partial charge >= 0.3 is 0 Å². The third-order valence-corrected chi connectivity index (χ3v) is 9.23. The first-order chi connectivity index (χ1) is 14.3. The number of nitrogens with zero attached hydrogens (tertiary/aromatic N) is 2. The first-order valence-corrected chi connectivity index (χ1v) is 16.3. The molecule has 2 aliphatic heterocycles. The molecule has 32 heavy (non-hydrogen) atoms. The SMILES string of the molecule is CC1=Nc2cc(I)cc(I)c2C1(C)C.CC1=[N+](C)c2cc(I)cc(I)c2C1(C)C.CI.[I-]. The molecule has 0 amide bonds. The number of benzene rings is 2. The summed E-state index contributed by atoms with van der Waals surface area (Å²) < 4.78 is 7.60. The number of alkyl halides is 1. The number of fused-ring (bicyclic) bond motifs is 2. The molecule has 0 radical (unpaired) electrons. The van der Waals surface area contributed by atoms with E-state index in [9.17, 15) is 0 Å². The first kappa shape index (κ1) is 32.2. The molecular formula is C24H28I6N2. The fraction of sp³-hybridized carbons (Fsp3) is 0.417. The molecule has 8 heteroatoms. The molecule has 0 bridgehead atoms. The molecule has 2 aliphatic rings. The van der Waals surface area contributed by atoms with E-state index in [0.717, 1.165) is 5.69 Å². The molecule has 4 rings (SSSR count). The second kappa shape index (κ2) is 12.6. The van der Waals surface area contributed by atoms with Crippen LogP contribution in [0.3, 0.4) is 0 Å². The van der Waals surface area contributed by atoms with E-state index in [1.54, 1.807) is 0 Å². The molecule has 2 heterocycles. The van der Waals surface area contributed by atoms with Crippen LogP contribution >= 0.6 is 113 Å². The zero-order valence-electron chi connectivity index (χ0n) is 19.5. The Morgan fingerprint density at radius 2 is 1.22 bits per heavy atom. The summed E-state index contributed by atoms with van der Waals surface area (Å²) in [5.74, 6) is 0. The Kier molecular flexibility index (Phi) is 12.7. The maximum Gasteiger partial charge on any atom is 0.211 e. The Hall–Kier alpha value is 2.16. The lowest BCUT2D eigenvalue weighted by Crippen LogP contribution is -3.00. The molecule has 0 atom stereocenters. The average molecular weight is 1110 g/mol. The predicted molar refractivity (Wildman–Crippen MR) is 179 cm³/mol. The van der Waals surface area contributed by atoms with Gasteiger partial charge < -0.3 is 24.0 Å². The number of halogens is 6. The van der Waals surface area contributed by atoms with Gasteiger partial charge in [-0.15, -0.1) is 0 Å². The first-order valence-electron chi connectivity index (χ1n) is 9.78. The smallest absolute Gasteiger partial charge is 0.211 e. The van der Waals surface area contributed by atoms with Crippen molar-refractivity contribution in [2.45, 2.75) is 52.4 Å². The van der Waals surface area contributed by atoms with Crippen molar-refractivity contribution in [3.63, 3.8) is 0 Å². The number of rotatable bonds is 0. The van der Waals surface area contributed by atoms with Crippen LogP contribution in [-0.2, 0) is 10.8 Å². The van der Waals surface area contributed by atoms with Crippen molar-refractivity contribution in [3.8, 4) is 0 Å². The zero-order chi connectivity index (χ0) is 23.9. The Bertz CT molecular complexity index is 1080. The monoisotopic (exact) mass is 1110 g/mol. The minimum absolute atomic E-state index is 0. The van der Waals surface area contributed by atoms with Gasteiger partial charge in [0.1, 0.15) is 7.05 Å². The lowest BCUT2D eigenvalue weighted by molar-refractivity contribution is -0.403. The quantitative estimate of drug-likeness (QED) is 0.169. The van der Waals surface area contributed by atoms with E-state index in [1.165, 1.54) is 42.5 Å². The third-order valence-electron chi connectivity index (χ3n) is 6.28. The van der Waals surface area contributed by atoms with Crippen molar-refractivity contribution in [1.29, 1.82) is 0 Å². The summed E-state index contributed by atoms with van der Waals surface area (Å²) in [4.78, 5) is 6.60. The van der Waals surface area contributed by atoms with Crippen LogP contribution in [0.4, 0.5) is 11.4 Å². The minimum atomic E-state index is 0. The number of hydrogen-bond acceptors (Lipinski definition) is 1. The zero-order valence-corrected chi connectivity index (χ0v) is 32.4. The lowest BCUT2D eigenvalue weighted by Gasteiger charge is -2.21. The van der Waals surface area contributed by atoms with E-state index in [2.05, 4.69) is 195 Å². The summed E-state index contributed by atoms with van der Waals surface area (Å²) in [5, 5.41) is 0. The van der Waals surface area contributed by atoms with Crippen LogP contribution < -0.4 is 24.0 Å². The van der Waals surface area contributed by atoms with E-state index in [4.69, 9.17) is 0 Å². The van der Waals surface area contributed by atoms with Crippen LogP contribution in [0.2, 0.25) is 0 Å². The molecular weight excluding hydrogens is 1080 g/mol. The largest absolute Gasteiger partial charge is 1.00 e. The van der Waals surface area contributed by atoms with Crippen molar-refractivity contribution in [2.24, 2.45) is 4.99 Å². The van der Waals surface area contributed by atoms with Crippen molar-refractivity contribution in [1.82, 2.24) is 0 Å². The highest BCUT2D eigenvalue weighted by Crippen LogP contribution is 2.44. The number of hydrogen-bond donors (Lipinski definition) is 0. The van der Waals surface area contributed by atoms with Gasteiger partial charge in [-0.05, 0) is 134 Å². The summed E-state index contributed by atoms with van der Waals surface area (Å²) in [7, 11) is 2.16. The summed E-state index contributed by atoms with van der Waals surface area (Å²) in [6.45, 7) is 13.4.